The first kappa shape index (κ1) is 21.9. The summed E-state index contributed by atoms with van der Waals surface area (Å²) in [5, 5.41) is 2.82. The lowest BCUT2D eigenvalue weighted by Crippen LogP contribution is -2.40. The predicted molar refractivity (Wildman–Crippen MR) is 111 cm³/mol. The normalized spacial score (nSPS) is 11.9. The van der Waals surface area contributed by atoms with Crippen molar-refractivity contribution in [3.63, 3.8) is 0 Å². The molecule has 0 bridgehead atoms. The van der Waals surface area contributed by atoms with Crippen molar-refractivity contribution in [1.29, 1.82) is 0 Å². The van der Waals surface area contributed by atoms with E-state index in [1.165, 1.54) is 12.1 Å². The minimum Gasteiger partial charge on any atom is -0.491 e. The number of ether oxygens (including phenoxy) is 1. The Morgan fingerprint density at radius 3 is 2.43 bits per heavy atom. The number of rotatable bonds is 7. The third-order valence-electron chi connectivity index (χ3n) is 3.80. The molecule has 0 aliphatic carbocycles. The molecular weight excluding hydrogens is 376 g/mol. The highest BCUT2D eigenvalue weighted by atomic mass is 32.2. The van der Waals surface area contributed by atoms with Gasteiger partial charge in [-0.05, 0) is 63.9 Å². The minimum absolute atomic E-state index is 0.0497. The Bertz CT molecular complexity index is 947. The monoisotopic (exact) mass is 404 g/mol. The van der Waals surface area contributed by atoms with E-state index in [1.807, 2.05) is 13.0 Å². The fraction of sp³-hybridized carbons (Fsp3) is 0.381. The summed E-state index contributed by atoms with van der Waals surface area (Å²) in [6.45, 7) is 9.60. The maximum Gasteiger partial charge on any atom is 0.256 e. The van der Waals surface area contributed by atoms with Gasteiger partial charge in [-0.15, -0.1) is 0 Å². The van der Waals surface area contributed by atoms with Crippen molar-refractivity contribution in [1.82, 2.24) is 4.72 Å². The molecule has 0 saturated carbocycles. The number of carbonyl (C=O) groups excluding carboxylic acids is 1. The summed E-state index contributed by atoms with van der Waals surface area (Å²) < 4.78 is 33.5. The van der Waals surface area contributed by atoms with Crippen molar-refractivity contribution in [3.8, 4) is 5.75 Å². The fourth-order valence-electron chi connectivity index (χ4n) is 2.57. The molecule has 2 aromatic carbocycles. The van der Waals surface area contributed by atoms with Gasteiger partial charge in [0.05, 0.1) is 17.2 Å². The van der Waals surface area contributed by atoms with Gasteiger partial charge < -0.3 is 10.1 Å². The van der Waals surface area contributed by atoms with Crippen LogP contribution in [0.1, 0.15) is 50.0 Å². The molecule has 2 N–H and O–H groups in total. The first-order valence-corrected chi connectivity index (χ1v) is 10.7. The molecule has 0 aliphatic rings. The van der Waals surface area contributed by atoms with E-state index in [1.54, 1.807) is 52.0 Å². The molecule has 7 heteroatoms. The molecule has 2 rings (SSSR count). The number of sulfonamides is 1. The maximum atomic E-state index is 12.8. The molecule has 0 spiro atoms. The van der Waals surface area contributed by atoms with Crippen molar-refractivity contribution >= 4 is 21.6 Å². The number of amides is 1. The molecule has 0 heterocycles. The van der Waals surface area contributed by atoms with Gasteiger partial charge in [0, 0.05) is 11.1 Å². The van der Waals surface area contributed by atoms with E-state index in [9.17, 15) is 13.2 Å². The first-order chi connectivity index (χ1) is 13.0. The molecular formula is C21H28N2O4S. The van der Waals surface area contributed by atoms with Crippen LogP contribution in [0.15, 0.2) is 47.4 Å². The van der Waals surface area contributed by atoms with Gasteiger partial charge in [-0.1, -0.05) is 25.1 Å². The summed E-state index contributed by atoms with van der Waals surface area (Å²) >= 11 is 0. The Morgan fingerprint density at radius 2 is 1.79 bits per heavy atom. The smallest absolute Gasteiger partial charge is 0.256 e. The molecule has 0 unspecified atom stereocenters. The fourth-order valence-corrected chi connectivity index (χ4v) is 4.02. The van der Waals surface area contributed by atoms with Crippen LogP contribution in [0.25, 0.3) is 0 Å². The SMILES string of the molecule is CCCOc1ccccc1NC(=O)c1cc(S(=O)(=O)NC(C)(C)C)ccc1C. The largest absolute Gasteiger partial charge is 0.491 e. The molecule has 6 nitrogen and oxygen atoms in total. The number of hydrogen-bond acceptors (Lipinski definition) is 4. The standard InChI is InChI=1S/C21H28N2O4S/c1-6-13-27-19-10-8-7-9-18(19)22-20(24)17-14-16(12-11-15(17)2)28(25,26)23-21(3,4)5/h7-12,14,23H,6,13H2,1-5H3,(H,22,24). The van der Waals surface area contributed by atoms with Crippen molar-refractivity contribution < 1.29 is 17.9 Å². The van der Waals surface area contributed by atoms with E-state index in [0.29, 0.717) is 29.2 Å². The number of carbonyl (C=O) groups is 1. The molecule has 0 atom stereocenters. The molecule has 2 aromatic rings. The number of nitrogens with one attached hydrogen (secondary N) is 2. The van der Waals surface area contributed by atoms with Gasteiger partial charge >= 0.3 is 0 Å². The van der Waals surface area contributed by atoms with Crippen LogP contribution < -0.4 is 14.8 Å². The van der Waals surface area contributed by atoms with E-state index in [2.05, 4.69) is 10.0 Å². The summed E-state index contributed by atoms with van der Waals surface area (Å²) in [5.41, 5.74) is 0.893. The third-order valence-corrected chi connectivity index (χ3v) is 5.56. The van der Waals surface area contributed by atoms with Crippen LogP contribution in [0.2, 0.25) is 0 Å². The van der Waals surface area contributed by atoms with Gasteiger partial charge in [0.15, 0.2) is 0 Å². The van der Waals surface area contributed by atoms with Crippen LogP contribution in [0.4, 0.5) is 5.69 Å². The summed E-state index contributed by atoms with van der Waals surface area (Å²) in [4.78, 5) is 12.9. The van der Waals surface area contributed by atoms with Crippen LogP contribution in [0, 0.1) is 6.92 Å². The average molecular weight is 405 g/mol. The zero-order valence-corrected chi connectivity index (χ0v) is 17.8. The van der Waals surface area contributed by atoms with E-state index in [0.717, 1.165) is 6.42 Å². The highest BCUT2D eigenvalue weighted by Crippen LogP contribution is 2.25. The van der Waals surface area contributed by atoms with Gasteiger partial charge in [-0.25, -0.2) is 13.1 Å². The van der Waals surface area contributed by atoms with E-state index in [-0.39, 0.29) is 4.90 Å². The lowest BCUT2D eigenvalue weighted by Gasteiger charge is -2.21. The first-order valence-electron chi connectivity index (χ1n) is 9.21. The quantitative estimate of drug-likeness (QED) is 0.727. The van der Waals surface area contributed by atoms with Crippen LogP contribution in [0.3, 0.4) is 0 Å². The van der Waals surface area contributed by atoms with Crippen molar-refractivity contribution in [2.75, 3.05) is 11.9 Å². The average Bonchev–Trinajstić information content (AvgIpc) is 2.59. The number of benzene rings is 2. The summed E-state index contributed by atoms with van der Waals surface area (Å²) in [6.07, 6.45) is 0.849. The van der Waals surface area contributed by atoms with Crippen LogP contribution in [-0.4, -0.2) is 26.5 Å². The van der Waals surface area contributed by atoms with Crippen LogP contribution >= 0.6 is 0 Å². The number of para-hydroxylation sites is 2. The Hall–Kier alpha value is -2.38. The van der Waals surface area contributed by atoms with Gasteiger partial charge in [-0.2, -0.15) is 0 Å². The molecule has 0 aliphatic heterocycles. The van der Waals surface area contributed by atoms with Crippen molar-refractivity contribution in [3.05, 3.63) is 53.6 Å². The molecule has 0 aromatic heterocycles. The number of hydrogen-bond donors (Lipinski definition) is 2. The lowest BCUT2D eigenvalue weighted by molar-refractivity contribution is 0.102. The summed E-state index contributed by atoms with van der Waals surface area (Å²) in [7, 11) is -3.74. The Balaban J connectivity index is 2.32. The maximum absolute atomic E-state index is 12.8. The molecule has 0 fully saturated rings. The van der Waals surface area contributed by atoms with E-state index >= 15 is 0 Å². The summed E-state index contributed by atoms with van der Waals surface area (Å²) in [5.74, 6) is 0.186. The highest BCUT2D eigenvalue weighted by Gasteiger charge is 2.23. The molecule has 28 heavy (non-hydrogen) atoms. The second-order valence-corrected chi connectivity index (χ2v) is 9.31. The molecule has 1 amide bonds. The third kappa shape index (κ3) is 5.81. The topological polar surface area (TPSA) is 84.5 Å². The Labute approximate surface area is 167 Å². The van der Waals surface area contributed by atoms with Gasteiger partial charge in [0.1, 0.15) is 5.75 Å². The Morgan fingerprint density at radius 1 is 1.11 bits per heavy atom. The van der Waals surface area contributed by atoms with E-state index < -0.39 is 21.5 Å². The van der Waals surface area contributed by atoms with Crippen molar-refractivity contribution in [2.45, 2.75) is 51.5 Å². The van der Waals surface area contributed by atoms with E-state index in [4.69, 9.17) is 4.74 Å². The van der Waals surface area contributed by atoms with Crippen molar-refractivity contribution in [2.24, 2.45) is 0 Å². The minimum atomic E-state index is -3.74. The zero-order chi connectivity index (χ0) is 20.9. The molecule has 152 valence electrons. The molecule has 0 saturated heterocycles. The Kier molecular flexibility index (Phi) is 6.85. The second kappa shape index (κ2) is 8.75. The lowest BCUT2D eigenvalue weighted by atomic mass is 10.1. The molecule has 0 radical (unpaired) electrons. The van der Waals surface area contributed by atoms with Crippen LogP contribution in [-0.2, 0) is 10.0 Å². The highest BCUT2D eigenvalue weighted by molar-refractivity contribution is 7.89. The van der Waals surface area contributed by atoms with Gasteiger partial charge in [0.2, 0.25) is 10.0 Å². The zero-order valence-electron chi connectivity index (χ0n) is 17.0. The van der Waals surface area contributed by atoms with Crippen LogP contribution in [0.5, 0.6) is 5.75 Å². The number of anilines is 1. The predicted octanol–water partition coefficient (Wildman–Crippen LogP) is 4.11. The number of aryl methyl sites for hydroxylation is 1. The second-order valence-electron chi connectivity index (χ2n) is 7.63. The van der Waals surface area contributed by atoms with Gasteiger partial charge in [-0.3, -0.25) is 4.79 Å². The van der Waals surface area contributed by atoms with Gasteiger partial charge in [0.25, 0.3) is 5.91 Å². The summed E-state index contributed by atoms with van der Waals surface area (Å²) in [6, 6.07) is 11.7.